The number of aromatic amines is 3. The lowest BCUT2D eigenvalue weighted by molar-refractivity contribution is 1.18. The highest BCUT2D eigenvalue weighted by Crippen LogP contribution is 2.49. The monoisotopic (exact) mass is 1630 g/mol. The number of H-pyrrole nitrogens is 3. The number of nitrogens with zero attached hydrogens (tertiary/aromatic N) is 3. The summed E-state index contributed by atoms with van der Waals surface area (Å²) in [5.41, 5.74) is 30.3. The molecule has 6 nitrogen and oxygen atoms in total. The molecule has 0 spiro atoms. The summed E-state index contributed by atoms with van der Waals surface area (Å²) in [6.07, 6.45) is 0. The summed E-state index contributed by atoms with van der Waals surface area (Å²) >= 11 is 0. The van der Waals surface area contributed by atoms with E-state index in [4.69, 9.17) is 0 Å². The average Bonchev–Trinajstić information content (AvgIpc) is 1.56. The molecule has 0 atom stereocenters. The van der Waals surface area contributed by atoms with Gasteiger partial charge in [-0.25, -0.2) is 0 Å². The average molecular weight is 1630 g/mol. The Morgan fingerprint density at radius 3 is 0.867 bits per heavy atom. The van der Waals surface area contributed by atoms with E-state index in [1.807, 2.05) is 0 Å². The lowest BCUT2D eigenvalue weighted by Crippen LogP contribution is -1.94. The van der Waals surface area contributed by atoms with E-state index < -0.39 is 0 Å². The molecule has 0 saturated carbocycles. The number of nitrogens with one attached hydrogen (secondary N) is 3. The van der Waals surface area contributed by atoms with Crippen LogP contribution in [0.4, 0.5) is 0 Å². The van der Waals surface area contributed by atoms with Crippen molar-refractivity contribution in [1.29, 1.82) is 0 Å². The van der Waals surface area contributed by atoms with Crippen LogP contribution in [0.1, 0.15) is 0 Å². The van der Waals surface area contributed by atoms with Crippen molar-refractivity contribution < 1.29 is 0 Å². The molecule has 6 aromatic heterocycles. The highest BCUT2D eigenvalue weighted by Gasteiger charge is 2.24. The van der Waals surface area contributed by atoms with Gasteiger partial charge in [-0.2, -0.15) is 0 Å². The van der Waals surface area contributed by atoms with Crippen LogP contribution >= 0.6 is 0 Å². The van der Waals surface area contributed by atoms with Gasteiger partial charge in [-0.15, -0.1) is 0 Å². The standard InChI is InChI=1S/2C44H28N2.C34H22N2/c1-2-10-33(11-3-1)46-42-17-9-7-15-37(42)44-36-14-5-4-12-34(36)38(27-43(44)46)32-21-20-28-24-29(18-19-30(28)25-32)31-22-23-41-39(26-31)35-13-6-8-16-40(35)45-41;1-2-12-29(13-3-1)46-42-21-11-9-19-37(42)44-36-18-7-6-16-33(36)38(27-43(44)46)34-24-23-30(31-14-4-5-15-32(31)34)28-22-25-41-39(26-28)35-17-8-10-20-40(35)45-41;1-2-10-23(11-3-1)36-32-17-9-7-15-28(32)34-27-14-5-4-12-24(27)29(21-33(34)36)22-18-19-26-25-13-6-8-16-30(25)35-31(26)20-22/h2*1-27,45H;1-21,35H. The second-order valence-corrected chi connectivity index (χ2v) is 33.9. The first-order chi connectivity index (χ1) is 63.5. The highest BCUT2D eigenvalue weighted by molar-refractivity contribution is 6.29. The molecule has 0 saturated heterocycles. The molecular weight excluding hydrogens is 1550 g/mol. The Labute approximate surface area is 735 Å². The fourth-order valence-electron chi connectivity index (χ4n) is 21.2. The molecule has 128 heavy (non-hydrogen) atoms. The molecule has 0 amide bonds. The number of para-hydroxylation sites is 9. The Balaban J connectivity index is 0.000000103. The SMILES string of the molecule is c1ccc(-n2c3ccccc3c3c4ccccc4c(-c4ccc(-c5ccc6[nH]c7ccccc7c6c5)c5ccccc45)cc32)cc1.c1ccc(-n2c3ccccc3c3c4ccccc4c(-c4ccc5c(c4)[nH]c4ccccc45)cc32)cc1.c1ccc(-n2c3ccccc3c3c4ccccc4c(-c4ccc5cc(-c6ccc7[nH]c8ccccc8c7c6)ccc5c4)cc32)cc1. The van der Waals surface area contributed by atoms with E-state index in [-0.39, 0.29) is 0 Å². The molecule has 6 heteroatoms. The Kier molecular flexibility index (Phi) is 16.6. The summed E-state index contributed by atoms with van der Waals surface area (Å²) in [6, 6.07) is 166. The van der Waals surface area contributed by atoms with Crippen LogP contribution in [0.3, 0.4) is 0 Å². The van der Waals surface area contributed by atoms with Crippen LogP contribution in [0, 0.1) is 0 Å². The van der Waals surface area contributed by atoms with E-state index in [1.165, 1.54) is 257 Å². The minimum absolute atomic E-state index is 1.17. The number of benzene rings is 22. The number of rotatable bonds is 8. The van der Waals surface area contributed by atoms with Crippen molar-refractivity contribution in [2.75, 3.05) is 0 Å². The molecule has 6 heterocycles. The van der Waals surface area contributed by atoms with Gasteiger partial charge in [0.1, 0.15) is 0 Å². The molecule has 0 aliphatic carbocycles. The van der Waals surface area contributed by atoms with Crippen LogP contribution in [0.15, 0.2) is 455 Å². The molecule has 0 radical (unpaired) electrons. The molecule has 28 rings (SSSR count). The van der Waals surface area contributed by atoms with Crippen molar-refractivity contribution in [3.63, 3.8) is 0 Å². The molecule has 3 N–H and O–H groups in total. The number of hydrogen-bond acceptors (Lipinski definition) is 0. The van der Waals surface area contributed by atoms with Crippen molar-refractivity contribution in [2.45, 2.75) is 0 Å². The quantitative estimate of drug-likeness (QED) is 0.136. The minimum atomic E-state index is 1.17. The summed E-state index contributed by atoms with van der Waals surface area (Å²) in [4.78, 5) is 10.8. The normalized spacial score (nSPS) is 11.9. The summed E-state index contributed by atoms with van der Waals surface area (Å²) < 4.78 is 7.24. The maximum Gasteiger partial charge on any atom is 0.0553 e. The van der Waals surface area contributed by atoms with Crippen LogP contribution in [-0.4, -0.2) is 28.7 Å². The maximum absolute atomic E-state index is 3.63. The fourth-order valence-corrected chi connectivity index (χ4v) is 21.2. The lowest BCUT2D eigenvalue weighted by Gasteiger charge is -2.16. The Bertz CT molecular complexity index is 9400. The Hall–Kier alpha value is -17.1. The second kappa shape index (κ2) is 29.3. The van der Waals surface area contributed by atoms with Crippen LogP contribution in [-0.2, 0) is 0 Å². The molecule has 22 aromatic carbocycles. The summed E-state index contributed by atoms with van der Waals surface area (Å²) in [7, 11) is 0. The van der Waals surface area contributed by atoms with E-state index in [1.54, 1.807) is 0 Å². The Morgan fingerprint density at radius 2 is 0.406 bits per heavy atom. The van der Waals surface area contributed by atoms with Crippen molar-refractivity contribution in [2.24, 2.45) is 0 Å². The minimum Gasteiger partial charge on any atom is -0.355 e. The van der Waals surface area contributed by atoms with E-state index in [9.17, 15) is 0 Å². The number of hydrogen-bond donors (Lipinski definition) is 3. The molecule has 596 valence electrons. The van der Waals surface area contributed by atoms with Gasteiger partial charge in [0, 0.05) is 115 Å². The zero-order valence-electron chi connectivity index (χ0n) is 69.6. The number of fused-ring (bicyclic) bond motifs is 26. The topological polar surface area (TPSA) is 62.2 Å². The second-order valence-electron chi connectivity index (χ2n) is 33.9. The summed E-state index contributed by atoms with van der Waals surface area (Å²) in [6.45, 7) is 0. The van der Waals surface area contributed by atoms with E-state index in [2.05, 4.69) is 484 Å². The van der Waals surface area contributed by atoms with Crippen LogP contribution in [0.5, 0.6) is 0 Å². The third-order valence-corrected chi connectivity index (χ3v) is 26.9. The van der Waals surface area contributed by atoms with Crippen LogP contribution in [0.25, 0.3) is 257 Å². The van der Waals surface area contributed by atoms with Crippen molar-refractivity contribution in [3.8, 4) is 72.7 Å². The predicted molar refractivity (Wildman–Crippen MR) is 545 cm³/mol. The number of aromatic nitrogens is 6. The van der Waals surface area contributed by atoms with Crippen LogP contribution < -0.4 is 0 Å². The third kappa shape index (κ3) is 11.6. The van der Waals surface area contributed by atoms with Gasteiger partial charge >= 0.3 is 0 Å². The van der Waals surface area contributed by atoms with Gasteiger partial charge in [-0.3, -0.25) is 0 Å². The largest absolute Gasteiger partial charge is 0.355 e. The molecule has 0 aliphatic heterocycles. The molecule has 0 aliphatic rings. The van der Waals surface area contributed by atoms with E-state index in [0.717, 1.165) is 0 Å². The van der Waals surface area contributed by atoms with Gasteiger partial charge < -0.3 is 28.7 Å². The van der Waals surface area contributed by atoms with Gasteiger partial charge in [0.25, 0.3) is 0 Å². The van der Waals surface area contributed by atoms with Gasteiger partial charge in [-0.05, 0) is 243 Å². The van der Waals surface area contributed by atoms with Crippen LogP contribution in [0.2, 0.25) is 0 Å². The van der Waals surface area contributed by atoms with E-state index >= 15 is 0 Å². The maximum atomic E-state index is 3.63. The zero-order chi connectivity index (χ0) is 84.0. The van der Waals surface area contributed by atoms with Crippen molar-refractivity contribution >= 4 is 185 Å². The van der Waals surface area contributed by atoms with Gasteiger partial charge in [0.2, 0.25) is 0 Å². The first kappa shape index (κ1) is 72.6. The van der Waals surface area contributed by atoms with Gasteiger partial charge in [0.05, 0.1) is 33.1 Å². The van der Waals surface area contributed by atoms with Gasteiger partial charge in [-0.1, -0.05) is 322 Å². The molecule has 28 aromatic rings. The Morgan fingerprint density at radius 1 is 0.133 bits per heavy atom. The molecule has 0 bridgehead atoms. The summed E-state index contributed by atoms with van der Waals surface area (Å²) in [5, 5.41) is 28.0. The third-order valence-electron chi connectivity index (χ3n) is 26.9. The zero-order valence-corrected chi connectivity index (χ0v) is 69.6. The van der Waals surface area contributed by atoms with Crippen molar-refractivity contribution in [1.82, 2.24) is 28.7 Å². The summed E-state index contributed by atoms with van der Waals surface area (Å²) in [5.74, 6) is 0. The van der Waals surface area contributed by atoms with Crippen molar-refractivity contribution in [3.05, 3.63) is 455 Å². The fraction of sp³-hybridized carbons (Fsp3) is 0. The molecule has 0 fully saturated rings. The smallest absolute Gasteiger partial charge is 0.0553 e. The molecular formula is C122H78N6. The first-order valence-electron chi connectivity index (χ1n) is 44.1. The predicted octanol–water partition coefficient (Wildman–Crippen LogP) is 33.4. The molecule has 0 unspecified atom stereocenters. The first-order valence-corrected chi connectivity index (χ1v) is 44.1. The highest BCUT2D eigenvalue weighted by atomic mass is 15.0. The van der Waals surface area contributed by atoms with Gasteiger partial charge in [0.15, 0.2) is 0 Å². The lowest BCUT2D eigenvalue weighted by atomic mass is 9.89. The van der Waals surface area contributed by atoms with E-state index in [0.29, 0.717) is 0 Å².